The lowest BCUT2D eigenvalue weighted by Crippen LogP contribution is -2.14. The van der Waals surface area contributed by atoms with Crippen LogP contribution in [0.5, 0.6) is 0 Å². The number of nitrogens with two attached hydrogens (primary N) is 1. The van der Waals surface area contributed by atoms with E-state index in [1.54, 1.807) is 6.08 Å². The maximum Gasteiger partial charge on any atom is 0.165 e. The van der Waals surface area contributed by atoms with Crippen molar-refractivity contribution >= 4 is 5.78 Å². The van der Waals surface area contributed by atoms with Crippen molar-refractivity contribution in [2.24, 2.45) is 17.1 Å². The molecule has 0 radical (unpaired) electrons. The first-order valence-corrected chi connectivity index (χ1v) is 7.45. The van der Waals surface area contributed by atoms with Crippen LogP contribution in [0.15, 0.2) is 35.6 Å². The Kier molecular flexibility index (Phi) is 7.55. The summed E-state index contributed by atoms with van der Waals surface area (Å²) in [7, 11) is 0. The Morgan fingerprint density at radius 3 is 2.25 bits per heavy atom. The summed E-state index contributed by atoms with van der Waals surface area (Å²) in [5, 5.41) is 0. The van der Waals surface area contributed by atoms with Gasteiger partial charge in [-0.05, 0) is 43.8 Å². The van der Waals surface area contributed by atoms with Crippen LogP contribution in [0.2, 0.25) is 0 Å². The van der Waals surface area contributed by atoms with Crippen LogP contribution in [0.1, 0.15) is 60.8 Å². The van der Waals surface area contributed by atoms with Gasteiger partial charge in [-0.1, -0.05) is 46.8 Å². The zero-order valence-corrected chi connectivity index (χ0v) is 14.0. The molecule has 0 fully saturated rings. The van der Waals surface area contributed by atoms with E-state index in [1.165, 1.54) is 0 Å². The summed E-state index contributed by atoms with van der Waals surface area (Å²) in [6, 6.07) is 0. The lowest BCUT2D eigenvalue weighted by atomic mass is 9.86. The van der Waals surface area contributed by atoms with Gasteiger partial charge in [0.05, 0.1) is 0 Å². The normalized spacial score (nSPS) is 15.1. The van der Waals surface area contributed by atoms with Crippen LogP contribution in [-0.2, 0) is 4.79 Å². The van der Waals surface area contributed by atoms with E-state index in [-0.39, 0.29) is 17.1 Å². The van der Waals surface area contributed by atoms with Gasteiger partial charge in [-0.3, -0.25) is 4.79 Å². The molecule has 0 aromatic heterocycles. The number of ketones is 1. The maximum atomic E-state index is 12.5. The second-order valence-electron chi connectivity index (χ2n) is 6.84. The Bertz CT molecular complexity index is 408. The van der Waals surface area contributed by atoms with Gasteiger partial charge in [-0.2, -0.15) is 0 Å². The summed E-state index contributed by atoms with van der Waals surface area (Å²) in [6.45, 7) is 16.4. The molecule has 0 aromatic rings. The number of allylic oxidation sites excluding steroid dienone is 4. The number of hydrogen-bond donors (Lipinski definition) is 1. The second-order valence-corrected chi connectivity index (χ2v) is 6.84. The molecule has 0 aliphatic heterocycles. The second kappa shape index (κ2) is 8.08. The molecule has 0 amide bonds. The SMILES string of the molecule is C=C(N)/C=C\C(C(=O)C(C)CC)=C(/C)CCC(C)(C)C. The van der Waals surface area contributed by atoms with Gasteiger partial charge in [0, 0.05) is 17.2 Å². The van der Waals surface area contributed by atoms with Gasteiger partial charge in [0.15, 0.2) is 5.78 Å². The van der Waals surface area contributed by atoms with Crippen molar-refractivity contribution in [2.45, 2.75) is 60.8 Å². The minimum absolute atomic E-state index is 0.0466. The fourth-order valence-electron chi connectivity index (χ4n) is 1.77. The Balaban J connectivity index is 5.27. The van der Waals surface area contributed by atoms with Crippen LogP contribution in [0.4, 0.5) is 0 Å². The van der Waals surface area contributed by atoms with Gasteiger partial charge in [-0.15, -0.1) is 0 Å². The minimum atomic E-state index is 0.0466. The number of rotatable bonds is 7. The monoisotopic (exact) mass is 277 g/mol. The van der Waals surface area contributed by atoms with Gasteiger partial charge in [-0.25, -0.2) is 0 Å². The molecule has 0 bridgehead atoms. The Hall–Kier alpha value is -1.31. The van der Waals surface area contributed by atoms with Crippen molar-refractivity contribution in [1.82, 2.24) is 0 Å². The molecule has 2 nitrogen and oxygen atoms in total. The summed E-state index contributed by atoms with van der Waals surface area (Å²) in [4.78, 5) is 12.5. The van der Waals surface area contributed by atoms with E-state index in [9.17, 15) is 4.79 Å². The van der Waals surface area contributed by atoms with Crippen LogP contribution < -0.4 is 5.73 Å². The van der Waals surface area contributed by atoms with E-state index in [0.29, 0.717) is 5.70 Å². The van der Waals surface area contributed by atoms with E-state index in [0.717, 1.165) is 30.4 Å². The molecular weight excluding hydrogens is 246 g/mol. The predicted octanol–water partition coefficient (Wildman–Crippen LogP) is 4.77. The molecule has 0 aromatic carbocycles. The molecule has 1 atom stereocenters. The van der Waals surface area contributed by atoms with E-state index < -0.39 is 0 Å². The van der Waals surface area contributed by atoms with Crippen molar-refractivity contribution in [3.05, 3.63) is 35.6 Å². The first kappa shape index (κ1) is 18.7. The van der Waals surface area contributed by atoms with Crippen molar-refractivity contribution in [2.75, 3.05) is 0 Å². The van der Waals surface area contributed by atoms with Gasteiger partial charge in [0.1, 0.15) is 0 Å². The summed E-state index contributed by atoms with van der Waals surface area (Å²) < 4.78 is 0. The standard InChI is InChI=1S/C18H31NO/c1-8-13(2)17(20)16(10-9-15(4)19)14(3)11-12-18(5,6)7/h9-10,13H,4,8,11-12,19H2,1-3,5-7H3/b10-9-,16-14-. The quantitative estimate of drug-likeness (QED) is 0.538. The Morgan fingerprint density at radius 1 is 1.30 bits per heavy atom. The number of Topliss-reactive ketones (excluding diaryl/α,β-unsaturated/α-hetero) is 1. The summed E-state index contributed by atoms with van der Waals surface area (Å²) in [5.41, 5.74) is 8.27. The number of carbonyl (C=O) groups excluding carboxylic acids is 1. The van der Waals surface area contributed by atoms with E-state index in [4.69, 9.17) is 5.73 Å². The molecule has 1 unspecified atom stereocenters. The van der Waals surface area contributed by atoms with Crippen molar-refractivity contribution in [3.63, 3.8) is 0 Å². The predicted molar refractivity (Wildman–Crippen MR) is 88.3 cm³/mol. The minimum Gasteiger partial charge on any atom is -0.399 e. The summed E-state index contributed by atoms with van der Waals surface area (Å²) >= 11 is 0. The van der Waals surface area contributed by atoms with Gasteiger partial charge < -0.3 is 5.73 Å². The maximum absolute atomic E-state index is 12.5. The largest absolute Gasteiger partial charge is 0.399 e. The first-order valence-electron chi connectivity index (χ1n) is 7.45. The molecule has 0 rings (SSSR count). The van der Waals surface area contributed by atoms with Crippen molar-refractivity contribution in [3.8, 4) is 0 Å². The number of hydrogen-bond acceptors (Lipinski definition) is 2. The molecule has 20 heavy (non-hydrogen) atoms. The smallest absolute Gasteiger partial charge is 0.165 e. The van der Waals surface area contributed by atoms with E-state index in [2.05, 4.69) is 27.4 Å². The highest BCUT2D eigenvalue weighted by atomic mass is 16.1. The average Bonchev–Trinajstić information content (AvgIpc) is 2.34. The molecule has 2 heteroatoms. The van der Waals surface area contributed by atoms with Gasteiger partial charge in [0.25, 0.3) is 0 Å². The summed E-state index contributed by atoms with van der Waals surface area (Å²) in [5.74, 6) is 0.252. The van der Waals surface area contributed by atoms with Crippen LogP contribution in [0.25, 0.3) is 0 Å². The molecule has 0 saturated heterocycles. The van der Waals surface area contributed by atoms with Gasteiger partial charge >= 0.3 is 0 Å². The third kappa shape index (κ3) is 7.32. The van der Waals surface area contributed by atoms with E-state index in [1.807, 2.05) is 26.8 Å². The number of carbonyl (C=O) groups is 1. The van der Waals surface area contributed by atoms with Gasteiger partial charge in [0.2, 0.25) is 0 Å². The van der Waals surface area contributed by atoms with Crippen LogP contribution in [-0.4, -0.2) is 5.78 Å². The molecule has 0 saturated carbocycles. The molecule has 0 heterocycles. The lowest BCUT2D eigenvalue weighted by molar-refractivity contribution is -0.118. The first-order chi connectivity index (χ1) is 9.08. The Morgan fingerprint density at radius 2 is 1.85 bits per heavy atom. The average molecular weight is 277 g/mol. The van der Waals surface area contributed by atoms with Crippen LogP contribution >= 0.6 is 0 Å². The Labute approximate surface area is 124 Å². The third-order valence-corrected chi connectivity index (χ3v) is 3.50. The highest BCUT2D eigenvalue weighted by Crippen LogP contribution is 2.26. The van der Waals surface area contributed by atoms with Crippen LogP contribution in [0, 0.1) is 11.3 Å². The third-order valence-electron chi connectivity index (χ3n) is 3.50. The zero-order chi connectivity index (χ0) is 15.9. The van der Waals surface area contributed by atoms with E-state index >= 15 is 0 Å². The molecule has 0 spiro atoms. The topological polar surface area (TPSA) is 43.1 Å². The lowest BCUT2D eigenvalue weighted by Gasteiger charge is -2.19. The highest BCUT2D eigenvalue weighted by molar-refractivity contribution is 6.00. The molecule has 0 aliphatic carbocycles. The van der Waals surface area contributed by atoms with Crippen molar-refractivity contribution in [1.29, 1.82) is 0 Å². The summed E-state index contributed by atoms with van der Waals surface area (Å²) in [6.07, 6.45) is 6.40. The van der Waals surface area contributed by atoms with Crippen LogP contribution in [0.3, 0.4) is 0 Å². The fourth-order valence-corrected chi connectivity index (χ4v) is 1.77. The molecule has 2 N–H and O–H groups in total. The zero-order valence-electron chi connectivity index (χ0n) is 14.0. The molecule has 0 aliphatic rings. The highest BCUT2D eigenvalue weighted by Gasteiger charge is 2.18. The van der Waals surface area contributed by atoms with Crippen molar-refractivity contribution < 1.29 is 4.79 Å². The molecular formula is C18H31NO. The fraction of sp³-hybridized carbons (Fsp3) is 0.611. The molecule has 114 valence electrons.